The van der Waals surface area contributed by atoms with Crippen LogP contribution in [-0.2, 0) is 9.53 Å². The molecule has 0 fully saturated rings. The Morgan fingerprint density at radius 3 is 2.61 bits per heavy atom. The molecule has 0 N–H and O–H groups in total. The van der Waals surface area contributed by atoms with Crippen LogP contribution in [0, 0.1) is 11.3 Å². The van der Waals surface area contributed by atoms with Crippen LogP contribution in [0.1, 0.15) is 52.0 Å². The van der Waals surface area contributed by atoms with Gasteiger partial charge in [-0.1, -0.05) is 32.0 Å². The molecule has 0 spiro atoms. The summed E-state index contributed by atoms with van der Waals surface area (Å²) in [6.07, 6.45) is 1.44. The zero-order chi connectivity index (χ0) is 16.4. The molecule has 3 heteroatoms. The fourth-order valence-corrected chi connectivity index (χ4v) is 4.43. The average Bonchev–Trinajstić information content (AvgIpc) is 2.44. The van der Waals surface area contributed by atoms with Gasteiger partial charge in [0.05, 0.1) is 6.61 Å². The first-order valence-electron chi connectivity index (χ1n) is 8.45. The first-order valence-corrected chi connectivity index (χ1v) is 8.45. The van der Waals surface area contributed by atoms with E-state index >= 15 is 0 Å². The number of ether oxygens (including phenoxy) is 2. The molecule has 0 saturated carbocycles. The summed E-state index contributed by atoms with van der Waals surface area (Å²) in [5.41, 5.74) is 1.69. The first kappa shape index (κ1) is 14.8. The van der Waals surface area contributed by atoms with E-state index in [1.54, 1.807) is 0 Å². The van der Waals surface area contributed by atoms with Gasteiger partial charge >= 0.3 is 0 Å². The van der Waals surface area contributed by atoms with Gasteiger partial charge in [-0.05, 0) is 25.3 Å². The van der Waals surface area contributed by atoms with Gasteiger partial charge in [-0.25, -0.2) is 0 Å². The van der Waals surface area contributed by atoms with Crippen molar-refractivity contribution >= 4 is 5.78 Å². The van der Waals surface area contributed by atoms with Gasteiger partial charge in [0.2, 0.25) is 0 Å². The molecule has 0 aromatic heterocycles. The number of hydrogen-bond acceptors (Lipinski definition) is 3. The van der Waals surface area contributed by atoms with Crippen molar-refractivity contribution in [2.75, 3.05) is 6.61 Å². The largest absolute Gasteiger partial charge is 0.493 e. The number of para-hydroxylation sites is 1. The van der Waals surface area contributed by atoms with Gasteiger partial charge in [-0.3, -0.25) is 4.79 Å². The minimum Gasteiger partial charge on any atom is -0.493 e. The van der Waals surface area contributed by atoms with Crippen molar-refractivity contribution in [3.63, 3.8) is 0 Å². The standard InChI is InChI=1S/C20H24O3/c1-19(2)9-14(21)18-16(10-19)23-20(3,4)13-11-22-15-8-6-5-7-12(15)17(13)18/h5-8,13,17H,9-11H2,1-4H3. The monoisotopic (exact) mass is 312 g/mol. The molecule has 4 rings (SSSR count). The highest BCUT2D eigenvalue weighted by molar-refractivity contribution is 5.99. The fourth-order valence-electron chi connectivity index (χ4n) is 4.43. The number of hydrogen-bond donors (Lipinski definition) is 0. The summed E-state index contributed by atoms with van der Waals surface area (Å²) in [5, 5.41) is 0. The topological polar surface area (TPSA) is 35.5 Å². The summed E-state index contributed by atoms with van der Waals surface area (Å²) in [6.45, 7) is 9.14. The van der Waals surface area contributed by atoms with Gasteiger partial charge in [0.25, 0.3) is 0 Å². The van der Waals surface area contributed by atoms with Crippen LogP contribution in [-0.4, -0.2) is 18.0 Å². The van der Waals surface area contributed by atoms with Gasteiger partial charge in [0, 0.05) is 35.8 Å². The third kappa shape index (κ3) is 2.20. The first-order chi connectivity index (χ1) is 10.8. The predicted octanol–water partition coefficient (Wildman–Crippen LogP) is 4.23. The van der Waals surface area contributed by atoms with Crippen LogP contribution in [0.25, 0.3) is 0 Å². The van der Waals surface area contributed by atoms with Crippen molar-refractivity contribution in [3.8, 4) is 5.75 Å². The molecule has 3 aliphatic rings. The lowest BCUT2D eigenvalue weighted by Gasteiger charge is -2.50. The van der Waals surface area contributed by atoms with Gasteiger partial charge in [-0.15, -0.1) is 0 Å². The summed E-state index contributed by atoms with van der Waals surface area (Å²) < 4.78 is 12.3. The van der Waals surface area contributed by atoms with Gasteiger partial charge < -0.3 is 9.47 Å². The van der Waals surface area contributed by atoms with E-state index in [1.807, 2.05) is 18.2 Å². The average molecular weight is 312 g/mol. The lowest BCUT2D eigenvalue weighted by atomic mass is 9.64. The Labute approximate surface area is 137 Å². The number of allylic oxidation sites excluding steroid dienone is 2. The zero-order valence-electron chi connectivity index (χ0n) is 14.3. The molecule has 23 heavy (non-hydrogen) atoms. The fraction of sp³-hybridized carbons (Fsp3) is 0.550. The SMILES string of the molecule is CC1(C)CC(=O)C2=C(C1)OC(C)(C)C1COc3ccccc3C21. The Morgan fingerprint density at radius 2 is 1.83 bits per heavy atom. The molecule has 1 aromatic rings. The highest BCUT2D eigenvalue weighted by Gasteiger charge is 2.52. The predicted molar refractivity (Wildman–Crippen MR) is 88.4 cm³/mol. The summed E-state index contributed by atoms with van der Waals surface area (Å²) in [7, 11) is 0. The molecular formula is C20H24O3. The third-order valence-corrected chi connectivity index (χ3v) is 5.54. The molecule has 0 bridgehead atoms. The van der Waals surface area contributed by atoms with Crippen LogP contribution in [0.4, 0.5) is 0 Å². The van der Waals surface area contributed by atoms with Crippen molar-refractivity contribution in [1.29, 1.82) is 0 Å². The number of fused-ring (bicyclic) bond motifs is 4. The van der Waals surface area contributed by atoms with Gasteiger partial charge in [-0.2, -0.15) is 0 Å². The Morgan fingerprint density at radius 1 is 1.09 bits per heavy atom. The quantitative estimate of drug-likeness (QED) is 0.719. The number of Topliss-reactive ketones (excluding diaryl/α,β-unsaturated/α-hetero) is 1. The van der Waals surface area contributed by atoms with E-state index < -0.39 is 0 Å². The number of rotatable bonds is 0. The Bertz CT molecular complexity index is 711. The molecular weight excluding hydrogens is 288 g/mol. The van der Waals surface area contributed by atoms with E-state index in [4.69, 9.17) is 9.47 Å². The molecule has 0 saturated heterocycles. The summed E-state index contributed by atoms with van der Waals surface area (Å²) in [4.78, 5) is 12.9. The van der Waals surface area contributed by atoms with Crippen molar-refractivity contribution in [2.24, 2.45) is 11.3 Å². The van der Waals surface area contributed by atoms with E-state index in [9.17, 15) is 4.79 Å². The number of ketones is 1. The van der Waals surface area contributed by atoms with E-state index in [0.717, 1.165) is 29.1 Å². The Kier molecular flexibility index (Phi) is 2.97. The highest BCUT2D eigenvalue weighted by atomic mass is 16.5. The second-order valence-electron chi connectivity index (χ2n) is 8.42. The van der Waals surface area contributed by atoms with Crippen LogP contribution in [0.15, 0.2) is 35.6 Å². The van der Waals surface area contributed by atoms with Gasteiger partial charge in [0.1, 0.15) is 17.1 Å². The molecule has 2 atom stereocenters. The molecule has 1 aromatic carbocycles. The minimum absolute atomic E-state index is 0.0243. The maximum atomic E-state index is 12.9. The Balaban J connectivity index is 1.91. The Hall–Kier alpha value is -1.77. The van der Waals surface area contributed by atoms with Crippen LogP contribution in [0.2, 0.25) is 0 Å². The second kappa shape index (κ2) is 4.62. The lowest BCUT2D eigenvalue weighted by Crippen LogP contribution is -2.50. The van der Waals surface area contributed by atoms with Crippen LogP contribution in [0.3, 0.4) is 0 Å². The molecule has 2 heterocycles. The third-order valence-electron chi connectivity index (χ3n) is 5.54. The molecule has 1 aliphatic carbocycles. The van der Waals surface area contributed by atoms with Crippen LogP contribution in [0.5, 0.6) is 5.75 Å². The van der Waals surface area contributed by atoms with Crippen molar-refractivity contribution < 1.29 is 14.3 Å². The maximum absolute atomic E-state index is 12.9. The van der Waals surface area contributed by atoms with Crippen molar-refractivity contribution in [1.82, 2.24) is 0 Å². The van der Waals surface area contributed by atoms with Gasteiger partial charge in [0.15, 0.2) is 5.78 Å². The number of benzene rings is 1. The van der Waals surface area contributed by atoms with E-state index in [0.29, 0.717) is 13.0 Å². The number of carbonyl (C=O) groups excluding carboxylic acids is 1. The lowest BCUT2D eigenvalue weighted by molar-refractivity contribution is -0.124. The maximum Gasteiger partial charge on any atom is 0.163 e. The van der Waals surface area contributed by atoms with Crippen LogP contribution >= 0.6 is 0 Å². The summed E-state index contributed by atoms with van der Waals surface area (Å²) >= 11 is 0. The van der Waals surface area contributed by atoms with Crippen LogP contribution < -0.4 is 4.74 Å². The zero-order valence-corrected chi connectivity index (χ0v) is 14.3. The van der Waals surface area contributed by atoms with Crippen molar-refractivity contribution in [3.05, 3.63) is 41.2 Å². The molecule has 2 aliphatic heterocycles. The molecule has 2 unspecified atom stereocenters. The minimum atomic E-state index is -0.329. The summed E-state index contributed by atoms with van der Waals surface area (Å²) in [6, 6.07) is 8.13. The summed E-state index contributed by atoms with van der Waals surface area (Å²) in [5.74, 6) is 2.34. The van der Waals surface area contributed by atoms with E-state index in [-0.39, 0.29) is 28.6 Å². The molecule has 3 nitrogen and oxygen atoms in total. The normalized spacial score (nSPS) is 30.5. The highest BCUT2D eigenvalue weighted by Crippen LogP contribution is 2.55. The molecule has 0 radical (unpaired) electrons. The van der Waals surface area contributed by atoms with Crippen molar-refractivity contribution in [2.45, 2.75) is 52.1 Å². The number of carbonyl (C=O) groups is 1. The van der Waals surface area contributed by atoms with E-state index in [2.05, 4.69) is 33.8 Å². The molecule has 0 amide bonds. The van der Waals surface area contributed by atoms with E-state index in [1.165, 1.54) is 0 Å². The second-order valence-corrected chi connectivity index (χ2v) is 8.42. The molecule has 122 valence electrons. The smallest absolute Gasteiger partial charge is 0.163 e.